The zero-order chi connectivity index (χ0) is 19.5. The second-order valence-corrected chi connectivity index (χ2v) is 9.48. The van der Waals surface area contributed by atoms with E-state index in [0.29, 0.717) is 5.57 Å². The SMILES string of the molecule is O=C(O)C1=C(CCCSc2ccc(F)cc2)N(CC2CC3CCC2C3)CC=C1. The first-order chi connectivity index (χ1) is 13.6. The Morgan fingerprint density at radius 2 is 2.04 bits per heavy atom. The van der Waals surface area contributed by atoms with Crippen molar-refractivity contribution in [3.05, 3.63) is 53.5 Å². The van der Waals surface area contributed by atoms with E-state index in [1.807, 2.05) is 6.08 Å². The van der Waals surface area contributed by atoms with Gasteiger partial charge in [0.05, 0.1) is 5.57 Å². The maximum Gasteiger partial charge on any atom is 0.337 e. The third kappa shape index (κ3) is 4.45. The molecule has 0 saturated heterocycles. The van der Waals surface area contributed by atoms with E-state index < -0.39 is 5.97 Å². The fraction of sp³-hybridized carbons (Fsp3) is 0.522. The molecular weight excluding hydrogens is 373 g/mol. The largest absolute Gasteiger partial charge is 0.478 e. The van der Waals surface area contributed by atoms with Gasteiger partial charge >= 0.3 is 5.97 Å². The summed E-state index contributed by atoms with van der Waals surface area (Å²) in [6.45, 7) is 1.83. The number of benzene rings is 1. The Hall–Kier alpha value is -1.75. The third-order valence-electron chi connectivity index (χ3n) is 6.51. The average molecular weight is 402 g/mol. The minimum absolute atomic E-state index is 0.217. The molecule has 1 N–H and O–H groups in total. The highest BCUT2D eigenvalue weighted by Crippen LogP contribution is 2.49. The van der Waals surface area contributed by atoms with Crippen LogP contribution in [0, 0.1) is 23.6 Å². The van der Waals surface area contributed by atoms with Crippen LogP contribution in [-0.2, 0) is 4.79 Å². The maximum atomic E-state index is 13.0. The Balaban J connectivity index is 1.37. The van der Waals surface area contributed by atoms with Crippen molar-refractivity contribution in [2.75, 3.05) is 18.8 Å². The summed E-state index contributed by atoms with van der Waals surface area (Å²) >= 11 is 1.70. The van der Waals surface area contributed by atoms with Gasteiger partial charge in [-0.25, -0.2) is 9.18 Å². The number of carboxylic acid groups (broad SMARTS) is 1. The van der Waals surface area contributed by atoms with Crippen molar-refractivity contribution < 1.29 is 14.3 Å². The van der Waals surface area contributed by atoms with Crippen LogP contribution in [0.1, 0.15) is 38.5 Å². The van der Waals surface area contributed by atoms with Gasteiger partial charge in [0, 0.05) is 23.7 Å². The Morgan fingerprint density at radius 1 is 1.21 bits per heavy atom. The quantitative estimate of drug-likeness (QED) is 0.471. The van der Waals surface area contributed by atoms with E-state index in [1.54, 1.807) is 30.0 Å². The van der Waals surface area contributed by atoms with Gasteiger partial charge in [-0.3, -0.25) is 0 Å². The molecule has 28 heavy (non-hydrogen) atoms. The van der Waals surface area contributed by atoms with Crippen molar-refractivity contribution in [2.24, 2.45) is 17.8 Å². The molecule has 2 saturated carbocycles. The van der Waals surface area contributed by atoms with Crippen molar-refractivity contribution in [3.8, 4) is 0 Å². The lowest BCUT2D eigenvalue weighted by molar-refractivity contribution is -0.132. The topological polar surface area (TPSA) is 40.5 Å². The summed E-state index contributed by atoms with van der Waals surface area (Å²) in [6.07, 6.45) is 10.9. The van der Waals surface area contributed by atoms with Crippen LogP contribution in [0.2, 0.25) is 0 Å². The van der Waals surface area contributed by atoms with Crippen LogP contribution in [0.5, 0.6) is 0 Å². The minimum Gasteiger partial charge on any atom is -0.478 e. The van der Waals surface area contributed by atoms with Crippen molar-refractivity contribution in [2.45, 2.75) is 43.4 Å². The molecule has 3 aliphatic rings. The summed E-state index contributed by atoms with van der Waals surface area (Å²) in [5.74, 6) is 2.34. The Bertz CT molecular complexity index is 773. The summed E-state index contributed by atoms with van der Waals surface area (Å²) < 4.78 is 13.0. The number of hydrogen-bond acceptors (Lipinski definition) is 3. The molecule has 3 atom stereocenters. The molecule has 0 amide bonds. The van der Waals surface area contributed by atoms with E-state index in [1.165, 1.54) is 37.8 Å². The number of thioether (sulfide) groups is 1. The van der Waals surface area contributed by atoms with Crippen LogP contribution in [-0.4, -0.2) is 34.8 Å². The van der Waals surface area contributed by atoms with Gasteiger partial charge in [0.2, 0.25) is 0 Å². The van der Waals surface area contributed by atoms with Gasteiger partial charge in [-0.2, -0.15) is 0 Å². The number of carboxylic acids is 1. The number of aliphatic carboxylic acids is 1. The molecule has 1 aliphatic heterocycles. The first-order valence-corrected chi connectivity index (χ1v) is 11.3. The smallest absolute Gasteiger partial charge is 0.337 e. The molecule has 5 heteroatoms. The molecule has 1 aromatic carbocycles. The van der Waals surface area contributed by atoms with E-state index in [-0.39, 0.29) is 5.82 Å². The van der Waals surface area contributed by atoms with Crippen molar-refractivity contribution in [3.63, 3.8) is 0 Å². The van der Waals surface area contributed by atoms with Crippen LogP contribution in [0.25, 0.3) is 0 Å². The second-order valence-electron chi connectivity index (χ2n) is 8.31. The van der Waals surface area contributed by atoms with Gasteiger partial charge in [0.25, 0.3) is 0 Å². The Kier molecular flexibility index (Phi) is 6.10. The molecule has 0 radical (unpaired) electrons. The fourth-order valence-corrected chi connectivity index (χ4v) is 6.04. The van der Waals surface area contributed by atoms with E-state index in [0.717, 1.165) is 60.0 Å². The number of fused-ring (bicyclic) bond motifs is 2. The highest BCUT2D eigenvalue weighted by atomic mass is 32.2. The molecular formula is C23H28FNO2S. The van der Waals surface area contributed by atoms with Gasteiger partial charge in [-0.1, -0.05) is 12.5 Å². The lowest BCUT2D eigenvalue weighted by Crippen LogP contribution is -2.34. The Labute approximate surface area is 170 Å². The van der Waals surface area contributed by atoms with E-state index in [4.69, 9.17) is 0 Å². The van der Waals surface area contributed by atoms with Gasteiger partial charge in [-0.15, -0.1) is 11.8 Å². The summed E-state index contributed by atoms with van der Waals surface area (Å²) in [6, 6.07) is 6.56. The number of rotatable bonds is 8. The molecule has 1 heterocycles. The zero-order valence-electron chi connectivity index (χ0n) is 16.1. The number of hydrogen-bond donors (Lipinski definition) is 1. The molecule has 2 bridgehead atoms. The monoisotopic (exact) mass is 401 g/mol. The number of nitrogens with zero attached hydrogens (tertiary/aromatic N) is 1. The average Bonchev–Trinajstić information content (AvgIpc) is 3.30. The zero-order valence-corrected chi connectivity index (χ0v) is 17.0. The summed E-state index contributed by atoms with van der Waals surface area (Å²) in [4.78, 5) is 15.2. The van der Waals surface area contributed by atoms with Gasteiger partial charge in [-0.05, 0) is 86.0 Å². The molecule has 2 aliphatic carbocycles. The predicted molar refractivity (Wildman–Crippen MR) is 111 cm³/mol. The van der Waals surface area contributed by atoms with Crippen LogP contribution in [0.15, 0.2) is 52.6 Å². The van der Waals surface area contributed by atoms with E-state index in [2.05, 4.69) is 4.90 Å². The molecule has 3 nitrogen and oxygen atoms in total. The minimum atomic E-state index is -0.824. The number of halogens is 1. The normalized spacial score (nSPS) is 26.3. The van der Waals surface area contributed by atoms with E-state index >= 15 is 0 Å². The number of allylic oxidation sites excluding steroid dienone is 1. The predicted octanol–water partition coefficient (Wildman–Crippen LogP) is 5.34. The lowest BCUT2D eigenvalue weighted by Gasteiger charge is -2.35. The van der Waals surface area contributed by atoms with Gasteiger partial charge in [0.1, 0.15) is 5.82 Å². The standard InChI is InChI=1S/C23H28FNO2S/c24-19-7-9-20(10-8-19)28-12-2-4-22-21(23(26)27)3-1-11-25(22)15-18-14-16-5-6-17(18)13-16/h1,3,7-10,16-18H,2,4-6,11-15H2,(H,26,27). The fourth-order valence-electron chi connectivity index (χ4n) is 5.19. The molecule has 4 rings (SSSR count). The summed E-state index contributed by atoms with van der Waals surface area (Å²) in [7, 11) is 0. The summed E-state index contributed by atoms with van der Waals surface area (Å²) in [5, 5.41) is 9.68. The van der Waals surface area contributed by atoms with Crippen molar-refractivity contribution in [1.29, 1.82) is 0 Å². The first kappa shape index (κ1) is 19.6. The van der Waals surface area contributed by atoms with Crippen molar-refractivity contribution in [1.82, 2.24) is 4.90 Å². The molecule has 0 spiro atoms. The molecule has 3 unspecified atom stereocenters. The maximum absolute atomic E-state index is 13.0. The van der Waals surface area contributed by atoms with Crippen LogP contribution < -0.4 is 0 Å². The second kappa shape index (κ2) is 8.73. The number of carbonyl (C=O) groups is 1. The third-order valence-corrected chi connectivity index (χ3v) is 7.61. The summed E-state index contributed by atoms with van der Waals surface area (Å²) in [5.41, 5.74) is 1.46. The lowest BCUT2D eigenvalue weighted by atomic mass is 9.88. The van der Waals surface area contributed by atoms with Crippen LogP contribution >= 0.6 is 11.8 Å². The highest BCUT2D eigenvalue weighted by molar-refractivity contribution is 7.99. The first-order valence-electron chi connectivity index (χ1n) is 10.4. The van der Waals surface area contributed by atoms with Gasteiger partial charge < -0.3 is 10.0 Å². The molecule has 150 valence electrons. The van der Waals surface area contributed by atoms with Crippen LogP contribution in [0.3, 0.4) is 0 Å². The Morgan fingerprint density at radius 3 is 2.71 bits per heavy atom. The molecule has 0 aromatic heterocycles. The van der Waals surface area contributed by atoms with Gasteiger partial charge in [0.15, 0.2) is 0 Å². The van der Waals surface area contributed by atoms with Crippen molar-refractivity contribution >= 4 is 17.7 Å². The van der Waals surface area contributed by atoms with Crippen LogP contribution in [0.4, 0.5) is 4.39 Å². The molecule has 1 aromatic rings. The van der Waals surface area contributed by atoms with E-state index in [9.17, 15) is 14.3 Å². The molecule has 2 fully saturated rings. The highest BCUT2D eigenvalue weighted by Gasteiger charge is 2.40.